The number of carbonyl (C=O) groups excluding carboxylic acids is 1. The molecule has 0 saturated carbocycles. The zero-order valence-corrected chi connectivity index (χ0v) is 13.5. The smallest absolute Gasteiger partial charge is 0.228 e. The molecular weight excluding hydrogens is 305 g/mol. The molecule has 0 saturated heterocycles. The van der Waals surface area contributed by atoms with Crippen molar-refractivity contribution in [2.24, 2.45) is 0 Å². The van der Waals surface area contributed by atoms with E-state index in [1.807, 2.05) is 0 Å². The number of fused-ring (bicyclic) bond motifs is 2. The average Bonchev–Trinajstić information content (AvgIpc) is 3.15. The molecule has 1 amide bonds. The van der Waals surface area contributed by atoms with Crippen LogP contribution in [0, 0.1) is 12.7 Å². The van der Waals surface area contributed by atoms with Gasteiger partial charge in [0.25, 0.3) is 0 Å². The minimum atomic E-state index is -0.322. The Hall–Kier alpha value is -2.62. The maximum atomic E-state index is 13.6. The van der Waals surface area contributed by atoms with Crippen LogP contribution in [-0.4, -0.2) is 5.91 Å². The molecule has 0 fully saturated rings. The number of carbonyl (C=O) groups is 1. The maximum absolute atomic E-state index is 13.6. The quantitative estimate of drug-likeness (QED) is 0.768. The van der Waals surface area contributed by atoms with Crippen LogP contribution in [-0.2, 0) is 24.1 Å². The first-order chi connectivity index (χ1) is 11.6. The molecule has 1 aliphatic rings. The summed E-state index contributed by atoms with van der Waals surface area (Å²) in [6.45, 7) is 1.69. The van der Waals surface area contributed by atoms with Gasteiger partial charge in [0.2, 0.25) is 5.91 Å². The Morgan fingerprint density at radius 1 is 1.21 bits per heavy atom. The molecule has 24 heavy (non-hydrogen) atoms. The summed E-state index contributed by atoms with van der Waals surface area (Å²) in [6, 6.07) is 8.94. The fraction of sp³-hybridized carbons (Fsp3) is 0.250. The van der Waals surface area contributed by atoms with Crippen LogP contribution in [0.1, 0.15) is 28.7 Å². The molecule has 1 aromatic heterocycles. The van der Waals surface area contributed by atoms with Gasteiger partial charge in [-0.3, -0.25) is 4.79 Å². The van der Waals surface area contributed by atoms with Crippen LogP contribution in [0.3, 0.4) is 0 Å². The van der Waals surface area contributed by atoms with E-state index in [9.17, 15) is 9.18 Å². The Labute approximate surface area is 139 Å². The third kappa shape index (κ3) is 2.68. The van der Waals surface area contributed by atoms with Crippen molar-refractivity contribution in [1.29, 1.82) is 0 Å². The van der Waals surface area contributed by atoms with Crippen LogP contribution >= 0.6 is 0 Å². The highest BCUT2D eigenvalue weighted by atomic mass is 19.1. The topological polar surface area (TPSA) is 42.2 Å². The summed E-state index contributed by atoms with van der Waals surface area (Å²) in [7, 11) is 0. The van der Waals surface area contributed by atoms with Crippen molar-refractivity contribution >= 4 is 22.6 Å². The summed E-state index contributed by atoms with van der Waals surface area (Å²) >= 11 is 0. The zero-order chi connectivity index (χ0) is 16.7. The number of hydrogen-bond donors (Lipinski definition) is 1. The SMILES string of the molecule is Cc1ccc(NC(=O)Cc2coc3cc4c(cc23)CCC4)cc1F. The van der Waals surface area contributed by atoms with Crippen LogP contribution in [0.25, 0.3) is 11.0 Å². The number of hydrogen-bond acceptors (Lipinski definition) is 2. The summed E-state index contributed by atoms with van der Waals surface area (Å²) < 4.78 is 19.2. The molecule has 0 aliphatic heterocycles. The second kappa shape index (κ2) is 5.78. The number of rotatable bonds is 3. The molecule has 0 bridgehead atoms. The Bertz CT molecular complexity index is 942. The van der Waals surface area contributed by atoms with Gasteiger partial charge < -0.3 is 9.73 Å². The van der Waals surface area contributed by atoms with Gasteiger partial charge in [0, 0.05) is 16.6 Å². The lowest BCUT2D eigenvalue weighted by atomic mass is 10.0. The van der Waals surface area contributed by atoms with Crippen LogP contribution in [0.15, 0.2) is 41.0 Å². The number of nitrogens with one attached hydrogen (secondary N) is 1. The fourth-order valence-electron chi connectivity index (χ4n) is 3.33. The van der Waals surface area contributed by atoms with E-state index in [0.717, 1.165) is 29.4 Å². The molecule has 3 aromatic rings. The van der Waals surface area contributed by atoms with Gasteiger partial charge in [0.1, 0.15) is 11.4 Å². The van der Waals surface area contributed by atoms with Gasteiger partial charge in [-0.25, -0.2) is 4.39 Å². The number of furan rings is 1. The Balaban J connectivity index is 1.55. The Morgan fingerprint density at radius 3 is 2.79 bits per heavy atom. The molecule has 0 atom stereocenters. The molecule has 1 heterocycles. The van der Waals surface area contributed by atoms with Crippen molar-refractivity contribution in [3.05, 3.63) is 64.7 Å². The summed E-state index contributed by atoms with van der Waals surface area (Å²) in [5.41, 5.74) is 5.43. The van der Waals surface area contributed by atoms with E-state index in [-0.39, 0.29) is 18.1 Å². The lowest BCUT2D eigenvalue weighted by molar-refractivity contribution is -0.115. The van der Waals surface area contributed by atoms with Crippen LogP contribution < -0.4 is 5.32 Å². The lowest BCUT2D eigenvalue weighted by Crippen LogP contribution is -2.14. The molecule has 0 radical (unpaired) electrons. The average molecular weight is 323 g/mol. The number of aryl methyl sites for hydroxylation is 3. The second-order valence-corrected chi connectivity index (χ2v) is 6.42. The van der Waals surface area contributed by atoms with Crippen molar-refractivity contribution in [2.45, 2.75) is 32.6 Å². The predicted molar refractivity (Wildman–Crippen MR) is 91.7 cm³/mol. The number of benzene rings is 2. The van der Waals surface area contributed by atoms with Crippen molar-refractivity contribution in [1.82, 2.24) is 0 Å². The molecular formula is C20H18FNO2. The molecule has 1 aliphatic carbocycles. The van der Waals surface area contributed by atoms with Crippen LogP contribution in [0.2, 0.25) is 0 Å². The number of halogens is 1. The van der Waals surface area contributed by atoms with Crippen molar-refractivity contribution in [3.63, 3.8) is 0 Å². The van der Waals surface area contributed by atoms with Crippen LogP contribution in [0.4, 0.5) is 10.1 Å². The van der Waals surface area contributed by atoms with Crippen LogP contribution in [0.5, 0.6) is 0 Å². The zero-order valence-electron chi connectivity index (χ0n) is 13.5. The monoisotopic (exact) mass is 323 g/mol. The van der Waals surface area contributed by atoms with Gasteiger partial charge in [-0.2, -0.15) is 0 Å². The standard InChI is InChI=1S/C20H18FNO2/c1-12-5-6-16(10-18(12)21)22-20(23)9-15-11-24-19-8-14-4-2-3-13(14)7-17(15)19/h5-8,10-11H,2-4,9H2,1H3,(H,22,23). The normalized spacial score (nSPS) is 13.2. The molecule has 122 valence electrons. The summed E-state index contributed by atoms with van der Waals surface area (Å²) in [4.78, 5) is 12.3. The first-order valence-electron chi connectivity index (χ1n) is 8.18. The first kappa shape index (κ1) is 14.9. The van der Waals surface area contributed by atoms with Gasteiger partial charge >= 0.3 is 0 Å². The van der Waals surface area contributed by atoms with E-state index in [4.69, 9.17) is 4.42 Å². The summed E-state index contributed by atoms with van der Waals surface area (Å²) in [6.07, 6.45) is 5.22. The van der Waals surface area contributed by atoms with Gasteiger partial charge in [-0.05, 0) is 67.1 Å². The van der Waals surface area contributed by atoms with Gasteiger partial charge in [0.05, 0.1) is 12.7 Å². The van der Waals surface area contributed by atoms with Crippen molar-refractivity contribution in [3.8, 4) is 0 Å². The van der Waals surface area contributed by atoms with E-state index in [2.05, 4.69) is 17.4 Å². The van der Waals surface area contributed by atoms with E-state index in [1.54, 1.807) is 25.3 Å². The molecule has 4 rings (SSSR count). The van der Waals surface area contributed by atoms with Gasteiger partial charge in [-0.15, -0.1) is 0 Å². The second-order valence-electron chi connectivity index (χ2n) is 6.42. The van der Waals surface area contributed by atoms with Crippen molar-refractivity contribution in [2.75, 3.05) is 5.32 Å². The van der Waals surface area contributed by atoms with Gasteiger partial charge in [0.15, 0.2) is 0 Å². The molecule has 3 nitrogen and oxygen atoms in total. The summed E-state index contributed by atoms with van der Waals surface area (Å²) in [5, 5.41) is 3.75. The highest BCUT2D eigenvalue weighted by molar-refractivity contribution is 5.95. The summed E-state index contributed by atoms with van der Waals surface area (Å²) in [5.74, 6) is -0.501. The number of amides is 1. The molecule has 0 unspecified atom stereocenters. The Kier molecular flexibility index (Phi) is 3.60. The number of anilines is 1. The van der Waals surface area contributed by atoms with E-state index in [0.29, 0.717) is 11.3 Å². The first-order valence-corrected chi connectivity index (χ1v) is 8.18. The molecule has 1 N–H and O–H groups in total. The highest BCUT2D eigenvalue weighted by Gasteiger charge is 2.17. The molecule has 2 aromatic carbocycles. The highest BCUT2D eigenvalue weighted by Crippen LogP contribution is 2.30. The Morgan fingerprint density at radius 2 is 2.00 bits per heavy atom. The van der Waals surface area contributed by atoms with E-state index in [1.165, 1.54) is 23.6 Å². The minimum Gasteiger partial charge on any atom is -0.464 e. The maximum Gasteiger partial charge on any atom is 0.228 e. The minimum absolute atomic E-state index is 0.179. The largest absolute Gasteiger partial charge is 0.464 e. The molecule has 0 spiro atoms. The molecule has 4 heteroatoms. The predicted octanol–water partition coefficient (Wildman–Crippen LogP) is 4.55. The third-order valence-electron chi connectivity index (χ3n) is 4.67. The fourth-order valence-corrected chi connectivity index (χ4v) is 3.33. The van der Waals surface area contributed by atoms with Gasteiger partial charge in [-0.1, -0.05) is 6.07 Å². The van der Waals surface area contributed by atoms with Crippen molar-refractivity contribution < 1.29 is 13.6 Å². The third-order valence-corrected chi connectivity index (χ3v) is 4.67. The van der Waals surface area contributed by atoms with E-state index >= 15 is 0 Å². The van der Waals surface area contributed by atoms with E-state index < -0.39 is 0 Å². The lowest BCUT2D eigenvalue weighted by Gasteiger charge is -2.06.